The highest BCUT2D eigenvalue weighted by molar-refractivity contribution is 7.89. The lowest BCUT2D eigenvalue weighted by atomic mass is 10.2. The third-order valence-electron chi connectivity index (χ3n) is 3.89. The SMILES string of the molecule is CNC(=O)c1cc(S(=O)(=O)N(C)Cc2cccc(OC)c2)ccc1OC. The first-order valence-corrected chi connectivity index (χ1v) is 9.27. The molecule has 0 radical (unpaired) electrons. The van der Waals surface area contributed by atoms with Crippen molar-refractivity contribution in [2.75, 3.05) is 28.3 Å². The first-order valence-electron chi connectivity index (χ1n) is 7.83. The van der Waals surface area contributed by atoms with Gasteiger partial charge in [-0.15, -0.1) is 0 Å². The maximum absolute atomic E-state index is 12.9. The van der Waals surface area contributed by atoms with Gasteiger partial charge in [0.15, 0.2) is 0 Å². The fraction of sp³-hybridized carbons (Fsp3) is 0.278. The first-order chi connectivity index (χ1) is 12.3. The molecule has 2 aromatic carbocycles. The fourth-order valence-electron chi connectivity index (χ4n) is 2.45. The lowest BCUT2D eigenvalue weighted by Gasteiger charge is -2.18. The number of methoxy groups -OCH3 is 2. The second kappa shape index (κ2) is 8.20. The molecule has 140 valence electrons. The Kier molecular flexibility index (Phi) is 6.23. The summed E-state index contributed by atoms with van der Waals surface area (Å²) in [6.45, 7) is 0.168. The number of nitrogens with zero attached hydrogens (tertiary/aromatic N) is 1. The van der Waals surface area contributed by atoms with E-state index in [2.05, 4.69) is 5.32 Å². The maximum atomic E-state index is 12.9. The molecule has 0 aliphatic heterocycles. The molecule has 0 saturated carbocycles. The van der Waals surface area contributed by atoms with Crippen molar-refractivity contribution in [3.05, 3.63) is 53.6 Å². The summed E-state index contributed by atoms with van der Waals surface area (Å²) in [5.74, 6) is 0.535. The van der Waals surface area contributed by atoms with Gasteiger partial charge in [-0.3, -0.25) is 4.79 Å². The molecule has 0 bridgehead atoms. The number of benzene rings is 2. The molecule has 0 fully saturated rings. The third kappa shape index (κ3) is 4.14. The van der Waals surface area contributed by atoms with Crippen LogP contribution in [0.1, 0.15) is 15.9 Å². The van der Waals surface area contributed by atoms with Crippen molar-refractivity contribution in [3.8, 4) is 11.5 Å². The summed E-state index contributed by atoms with van der Waals surface area (Å²) in [5, 5.41) is 2.48. The molecule has 0 saturated heterocycles. The molecule has 1 amide bonds. The van der Waals surface area contributed by atoms with Crippen LogP contribution in [0.3, 0.4) is 0 Å². The van der Waals surface area contributed by atoms with Crippen LogP contribution in [0.15, 0.2) is 47.4 Å². The zero-order chi connectivity index (χ0) is 19.3. The third-order valence-corrected chi connectivity index (χ3v) is 5.69. The molecule has 1 N–H and O–H groups in total. The van der Waals surface area contributed by atoms with Gasteiger partial charge in [0.2, 0.25) is 10.0 Å². The summed E-state index contributed by atoms with van der Waals surface area (Å²) in [4.78, 5) is 12.0. The molecule has 0 atom stereocenters. The van der Waals surface area contributed by atoms with Gasteiger partial charge >= 0.3 is 0 Å². The van der Waals surface area contributed by atoms with Gasteiger partial charge in [-0.1, -0.05) is 12.1 Å². The minimum Gasteiger partial charge on any atom is -0.497 e. The smallest absolute Gasteiger partial charge is 0.254 e. The van der Waals surface area contributed by atoms with Crippen molar-refractivity contribution in [3.63, 3.8) is 0 Å². The Morgan fingerprint density at radius 3 is 2.46 bits per heavy atom. The molecule has 26 heavy (non-hydrogen) atoms. The highest BCUT2D eigenvalue weighted by atomic mass is 32.2. The van der Waals surface area contributed by atoms with Crippen LogP contribution in [0.4, 0.5) is 0 Å². The molecule has 2 rings (SSSR count). The van der Waals surface area contributed by atoms with Gasteiger partial charge in [-0.05, 0) is 35.9 Å². The van der Waals surface area contributed by atoms with Crippen molar-refractivity contribution >= 4 is 15.9 Å². The van der Waals surface area contributed by atoms with Crippen LogP contribution < -0.4 is 14.8 Å². The van der Waals surface area contributed by atoms with Gasteiger partial charge in [0.25, 0.3) is 5.91 Å². The number of amides is 1. The molecule has 0 spiro atoms. The monoisotopic (exact) mass is 378 g/mol. The number of hydrogen-bond acceptors (Lipinski definition) is 5. The molecular formula is C18H22N2O5S. The number of hydrogen-bond donors (Lipinski definition) is 1. The molecule has 0 aliphatic rings. The van der Waals surface area contributed by atoms with E-state index >= 15 is 0 Å². The summed E-state index contributed by atoms with van der Waals surface area (Å²) in [6.07, 6.45) is 0. The van der Waals surface area contributed by atoms with Gasteiger partial charge in [0.1, 0.15) is 11.5 Å². The fourth-order valence-corrected chi connectivity index (χ4v) is 3.64. The Balaban J connectivity index is 2.35. The van der Waals surface area contributed by atoms with Crippen LogP contribution in [0.5, 0.6) is 11.5 Å². The maximum Gasteiger partial charge on any atom is 0.254 e. The molecule has 2 aromatic rings. The number of carbonyl (C=O) groups excluding carboxylic acids is 1. The van der Waals surface area contributed by atoms with E-state index in [9.17, 15) is 13.2 Å². The number of rotatable bonds is 7. The highest BCUT2D eigenvalue weighted by Crippen LogP contribution is 2.25. The van der Waals surface area contributed by atoms with Crippen LogP contribution in [0.2, 0.25) is 0 Å². The molecule has 0 heterocycles. The Morgan fingerprint density at radius 2 is 1.85 bits per heavy atom. The average Bonchev–Trinajstić information content (AvgIpc) is 2.66. The van der Waals surface area contributed by atoms with Crippen molar-refractivity contribution < 1.29 is 22.7 Å². The largest absolute Gasteiger partial charge is 0.497 e. The number of ether oxygens (including phenoxy) is 2. The van der Waals surface area contributed by atoms with Gasteiger partial charge in [0.05, 0.1) is 24.7 Å². The van der Waals surface area contributed by atoms with Gasteiger partial charge in [0, 0.05) is 20.6 Å². The standard InChI is InChI=1S/C18H22N2O5S/c1-19-18(21)16-11-15(8-9-17(16)25-4)26(22,23)20(2)12-13-6-5-7-14(10-13)24-3/h5-11H,12H2,1-4H3,(H,19,21). The van der Waals surface area contributed by atoms with Crippen LogP contribution in [0, 0.1) is 0 Å². The minimum absolute atomic E-state index is 0.0160. The van der Waals surface area contributed by atoms with E-state index < -0.39 is 15.9 Å². The lowest BCUT2D eigenvalue weighted by Crippen LogP contribution is -2.27. The van der Waals surface area contributed by atoms with E-state index in [1.165, 1.54) is 43.7 Å². The second-order valence-electron chi connectivity index (χ2n) is 5.55. The summed E-state index contributed by atoms with van der Waals surface area (Å²) in [7, 11) is 2.14. The zero-order valence-electron chi connectivity index (χ0n) is 15.1. The zero-order valence-corrected chi connectivity index (χ0v) is 16.0. The molecule has 8 heteroatoms. The Hall–Kier alpha value is -2.58. The van der Waals surface area contributed by atoms with Crippen LogP contribution in [-0.2, 0) is 16.6 Å². The number of carbonyl (C=O) groups is 1. The Bertz CT molecular complexity index is 896. The van der Waals surface area contributed by atoms with Crippen molar-refractivity contribution in [2.45, 2.75) is 11.4 Å². The summed E-state index contributed by atoms with van der Waals surface area (Å²) in [5.41, 5.74) is 0.946. The van der Waals surface area contributed by atoms with Crippen molar-refractivity contribution in [1.29, 1.82) is 0 Å². The Morgan fingerprint density at radius 1 is 1.12 bits per heavy atom. The summed E-state index contributed by atoms with van der Waals surface area (Å²) in [6, 6.07) is 11.4. The lowest BCUT2D eigenvalue weighted by molar-refractivity contribution is 0.0960. The molecule has 0 unspecified atom stereocenters. The minimum atomic E-state index is -3.79. The highest BCUT2D eigenvalue weighted by Gasteiger charge is 2.24. The van der Waals surface area contributed by atoms with Crippen molar-refractivity contribution in [1.82, 2.24) is 9.62 Å². The van der Waals surface area contributed by atoms with Gasteiger partial charge in [-0.25, -0.2) is 8.42 Å². The summed E-state index contributed by atoms with van der Waals surface area (Å²) >= 11 is 0. The van der Waals surface area contributed by atoms with Crippen LogP contribution in [0.25, 0.3) is 0 Å². The number of nitrogens with one attached hydrogen (secondary N) is 1. The predicted molar refractivity (Wildman–Crippen MR) is 98.0 cm³/mol. The van der Waals surface area contributed by atoms with E-state index in [0.717, 1.165) is 5.56 Å². The number of sulfonamides is 1. The first kappa shape index (κ1) is 19.7. The predicted octanol–water partition coefficient (Wildman–Crippen LogP) is 1.88. The molecular weight excluding hydrogens is 356 g/mol. The van der Waals surface area contributed by atoms with Crippen molar-refractivity contribution in [2.24, 2.45) is 0 Å². The van der Waals surface area contributed by atoms with Crippen LogP contribution >= 0.6 is 0 Å². The van der Waals surface area contributed by atoms with Crippen LogP contribution in [-0.4, -0.2) is 46.9 Å². The average molecular weight is 378 g/mol. The van der Waals surface area contributed by atoms with E-state index in [1.54, 1.807) is 25.3 Å². The second-order valence-corrected chi connectivity index (χ2v) is 7.60. The summed E-state index contributed by atoms with van der Waals surface area (Å²) < 4.78 is 37.3. The van der Waals surface area contributed by atoms with E-state index in [0.29, 0.717) is 11.5 Å². The van der Waals surface area contributed by atoms with E-state index in [-0.39, 0.29) is 17.0 Å². The van der Waals surface area contributed by atoms with E-state index in [4.69, 9.17) is 9.47 Å². The molecule has 0 aliphatic carbocycles. The quantitative estimate of drug-likeness (QED) is 0.795. The molecule has 0 aromatic heterocycles. The normalized spacial score (nSPS) is 11.3. The molecule has 7 nitrogen and oxygen atoms in total. The topological polar surface area (TPSA) is 84.9 Å². The van der Waals surface area contributed by atoms with Gasteiger partial charge in [-0.2, -0.15) is 4.31 Å². The Labute approximate surface area is 153 Å². The van der Waals surface area contributed by atoms with Gasteiger partial charge < -0.3 is 14.8 Å². The van der Waals surface area contributed by atoms with E-state index in [1.807, 2.05) is 6.07 Å².